The van der Waals surface area contributed by atoms with Gasteiger partial charge in [0, 0.05) is 31.0 Å². The van der Waals surface area contributed by atoms with Gasteiger partial charge in [-0.25, -0.2) is 4.39 Å². The number of hydrogen-bond acceptors (Lipinski definition) is 4. The number of carbonyl (C=O) groups is 1. The van der Waals surface area contributed by atoms with Crippen molar-refractivity contribution in [2.45, 2.75) is 38.8 Å². The first-order chi connectivity index (χ1) is 15.6. The van der Waals surface area contributed by atoms with Crippen molar-refractivity contribution in [2.24, 2.45) is 0 Å². The van der Waals surface area contributed by atoms with Crippen LogP contribution < -0.4 is 4.74 Å². The zero-order valence-corrected chi connectivity index (χ0v) is 19.1. The van der Waals surface area contributed by atoms with Crippen LogP contribution in [0.5, 0.6) is 5.75 Å². The van der Waals surface area contributed by atoms with Crippen molar-refractivity contribution >= 4 is 17.2 Å². The molecule has 4 nitrogen and oxygen atoms in total. The van der Waals surface area contributed by atoms with Crippen molar-refractivity contribution in [3.63, 3.8) is 0 Å². The number of amides is 1. The van der Waals surface area contributed by atoms with E-state index in [4.69, 9.17) is 9.47 Å². The largest absolute Gasteiger partial charge is 0.493 e. The zero-order valence-electron chi connectivity index (χ0n) is 18.3. The summed E-state index contributed by atoms with van der Waals surface area (Å²) in [6.45, 7) is 4.22. The number of rotatable bonds is 9. The lowest BCUT2D eigenvalue weighted by Crippen LogP contribution is -2.36. The molecule has 6 heteroatoms. The predicted molar refractivity (Wildman–Crippen MR) is 125 cm³/mol. The molecular weight excluding hydrogens is 425 g/mol. The Morgan fingerprint density at radius 1 is 1.19 bits per heavy atom. The van der Waals surface area contributed by atoms with E-state index < -0.39 is 0 Å². The van der Waals surface area contributed by atoms with Gasteiger partial charge in [-0.15, -0.1) is 11.3 Å². The van der Waals surface area contributed by atoms with Crippen molar-refractivity contribution in [3.8, 4) is 5.75 Å². The molecule has 1 aliphatic heterocycles. The maximum absolute atomic E-state index is 13.8. The lowest BCUT2D eigenvalue weighted by atomic mass is 10.1. The Hall–Kier alpha value is -2.70. The third kappa shape index (κ3) is 5.96. The van der Waals surface area contributed by atoms with Gasteiger partial charge >= 0.3 is 0 Å². The SMILES string of the molecule is Cc1ccc(C(=O)N(Cc2cccc(OCCc3ccccc3F)c2)C[C@H]2CCCO2)s1. The van der Waals surface area contributed by atoms with Gasteiger partial charge in [-0.2, -0.15) is 0 Å². The van der Waals surface area contributed by atoms with Crippen LogP contribution in [-0.2, 0) is 17.7 Å². The molecular formula is C26H28FNO3S. The fraction of sp³-hybridized carbons (Fsp3) is 0.346. The predicted octanol–water partition coefficient (Wildman–Crippen LogP) is 5.64. The van der Waals surface area contributed by atoms with Crippen molar-refractivity contribution in [3.05, 3.63) is 87.4 Å². The van der Waals surface area contributed by atoms with E-state index >= 15 is 0 Å². The molecule has 0 N–H and O–H groups in total. The first kappa shape index (κ1) is 22.5. The van der Waals surface area contributed by atoms with Gasteiger partial charge in [-0.05, 0) is 61.2 Å². The minimum Gasteiger partial charge on any atom is -0.493 e. The number of halogens is 1. The van der Waals surface area contributed by atoms with Crippen LogP contribution in [0.25, 0.3) is 0 Å². The number of ether oxygens (including phenoxy) is 2. The second-order valence-electron chi connectivity index (χ2n) is 8.07. The number of thiophene rings is 1. The highest BCUT2D eigenvalue weighted by Crippen LogP contribution is 2.23. The van der Waals surface area contributed by atoms with Gasteiger partial charge in [-0.3, -0.25) is 4.79 Å². The summed E-state index contributed by atoms with van der Waals surface area (Å²) in [5.74, 6) is 0.539. The molecule has 2 heterocycles. The maximum atomic E-state index is 13.8. The van der Waals surface area contributed by atoms with E-state index in [1.165, 1.54) is 17.4 Å². The molecule has 0 spiro atoms. The second kappa shape index (κ2) is 10.7. The average molecular weight is 454 g/mol. The third-order valence-electron chi connectivity index (χ3n) is 5.56. The molecule has 3 aromatic rings. The summed E-state index contributed by atoms with van der Waals surface area (Å²) < 4.78 is 25.5. The Balaban J connectivity index is 1.42. The van der Waals surface area contributed by atoms with E-state index in [0.29, 0.717) is 31.7 Å². The number of carbonyl (C=O) groups excluding carboxylic acids is 1. The molecule has 1 saturated heterocycles. The molecule has 0 unspecified atom stereocenters. The standard InChI is InChI=1S/C26H28FNO3S/c1-19-11-12-25(32-19)26(29)28(18-23-9-5-14-30-23)17-20-6-4-8-22(16-20)31-15-13-21-7-2-3-10-24(21)27/h2-4,6-8,10-12,16,23H,5,9,13-15,17-18H2,1H3/t23-/m1/s1. The van der Waals surface area contributed by atoms with Crippen LogP contribution in [0, 0.1) is 12.7 Å². The van der Waals surface area contributed by atoms with Gasteiger partial charge in [0.2, 0.25) is 0 Å². The lowest BCUT2D eigenvalue weighted by Gasteiger charge is -2.25. The summed E-state index contributed by atoms with van der Waals surface area (Å²) in [5.41, 5.74) is 1.64. The van der Waals surface area contributed by atoms with Gasteiger partial charge in [0.15, 0.2) is 0 Å². The highest BCUT2D eigenvalue weighted by molar-refractivity contribution is 7.13. The molecule has 1 atom stereocenters. The molecule has 0 aliphatic carbocycles. The van der Waals surface area contributed by atoms with Crippen molar-refractivity contribution in [1.29, 1.82) is 0 Å². The summed E-state index contributed by atoms with van der Waals surface area (Å²) in [7, 11) is 0. The third-order valence-corrected chi connectivity index (χ3v) is 6.54. The Labute approximate surface area is 192 Å². The number of nitrogens with zero attached hydrogens (tertiary/aromatic N) is 1. The average Bonchev–Trinajstić information content (AvgIpc) is 3.46. The summed E-state index contributed by atoms with van der Waals surface area (Å²) in [5, 5.41) is 0. The molecule has 0 radical (unpaired) electrons. The van der Waals surface area contributed by atoms with E-state index in [-0.39, 0.29) is 17.8 Å². The van der Waals surface area contributed by atoms with E-state index in [0.717, 1.165) is 40.5 Å². The van der Waals surface area contributed by atoms with Gasteiger partial charge in [-0.1, -0.05) is 30.3 Å². The molecule has 32 heavy (non-hydrogen) atoms. The summed E-state index contributed by atoms with van der Waals surface area (Å²) in [4.78, 5) is 17.0. The van der Waals surface area contributed by atoms with Crippen molar-refractivity contribution < 1.29 is 18.7 Å². The number of hydrogen-bond donors (Lipinski definition) is 0. The first-order valence-corrected chi connectivity index (χ1v) is 11.8. The topological polar surface area (TPSA) is 38.8 Å². The molecule has 0 bridgehead atoms. The molecule has 2 aromatic carbocycles. The molecule has 1 aromatic heterocycles. The number of benzene rings is 2. The Morgan fingerprint density at radius 3 is 2.81 bits per heavy atom. The van der Waals surface area contributed by atoms with Crippen LogP contribution in [-0.4, -0.2) is 36.7 Å². The fourth-order valence-corrected chi connectivity index (χ4v) is 4.73. The number of aryl methyl sites for hydroxylation is 1. The minimum absolute atomic E-state index is 0.0319. The summed E-state index contributed by atoms with van der Waals surface area (Å²) in [6, 6.07) is 18.4. The van der Waals surface area contributed by atoms with Crippen molar-refractivity contribution in [2.75, 3.05) is 19.8 Å². The molecule has 1 fully saturated rings. The maximum Gasteiger partial charge on any atom is 0.264 e. The molecule has 0 saturated carbocycles. The van der Waals surface area contributed by atoms with Crippen LogP contribution in [0.15, 0.2) is 60.7 Å². The Kier molecular flexibility index (Phi) is 7.55. The van der Waals surface area contributed by atoms with E-state index in [9.17, 15) is 9.18 Å². The molecule has 1 amide bonds. The quantitative estimate of drug-likeness (QED) is 0.421. The van der Waals surface area contributed by atoms with Crippen LogP contribution in [0.2, 0.25) is 0 Å². The van der Waals surface area contributed by atoms with E-state index in [2.05, 4.69) is 0 Å². The van der Waals surface area contributed by atoms with E-state index in [1.54, 1.807) is 12.1 Å². The fourth-order valence-electron chi connectivity index (χ4n) is 3.89. The van der Waals surface area contributed by atoms with Crippen LogP contribution in [0.3, 0.4) is 0 Å². The smallest absolute Gasteiger partial charge is 0.264 e. The summed E-state index contributed by atoms with van der Waals surface area (Å²) >= 11 is 1.52. The van der Waals surface area contributed by atoms with E-state index in [1.807, 2.05) is 54.3 Å². The van der Waals surface area contributed by atoms with Gasteiger partial charge in [0.1, 0.15) is 11.6 Å². The Bertz CT molecular complexity index is 1040. The zero-order chi connectivity index (χ0) is 22.3. The monoisotopic (exact) mass is 453 g/mol. The van der Waals surface area contributed by atoms with Crippen molar-refractivity contribution in [1.82, 2.24) is 4.90 Å². The second-order valence-corrected chi connectivity index (χ2v) is 9.36. The molecule has 168 valence electrons. The minimum atomic E-state index is -0.211. The van der Waals surface area contributed by atoms with Crippen LogP contribution in [0.4, 0.5) is 4.39 Å². The highest BCUT2D eigenvalue weighted by Gasteiger charge is 2.24. The van der Waals surface area contributed by atoms with Crippen LogP contribution in [0.1, 0.15) is 38.5 Å². The molecule has 1 aliphatic rings. The lowest BCUT2D eigenvalue weighted by molar-refractivity contribution is 0.0510. The summed E-state index contributed by atoms with van der Waals surface area (Å²) in [6.07, 6.45) is 2.60. The van der Waals surface area contributed by atoms with Crippen LogP contribution >= 0.6 is 11.3 Å². The molecule has 4 rings (SSSR count). The van der Waals surface area contributed by atoms with Gasteiger partial charge in [0.05, 0.1) is 17.6 Å². The first-order valence-electron chi connectivity index (χ1n) is 11.0. The highest BCUT2D eigenvalue weighted by atomic mass is 32.1. The normalized spacial score (nSPS) is 15.6. The van der Waals surface area contributed by atoms with Gasteiger partial charge < -0.3 is 14.4 Å². The Morgan fingerprint density at radius 2 is 2.06 bits per heavy atom. The van der Waals surface area contributed by atoms with Gasteiger partial charge in [0.25, 0.3) is 5.91 Å².